The van der Waals surface area contributed by atoms with Gasteiger partial charge in [-0.1, -0.05) is 0 Å². The molecular weight excluding hydrogens is 236 g/mol. The maximum absolute atomic E-state index is 11.8. The number of esters is 2. The van der Waals surface area contributed by atoms with Gasteiger partial charge in [0.15, 0.2) is 5.92 Å². The minimum atomic E-state index is -1.15. The zero-order valence-corrected chi connectivity index (χ0v) is 10.7. The summed E-state index contributed by atoms with van der Waals surface area (Å²) in [5.41, 5.74) is 0.956. The number of carbonyl (C=O) groups excluding carboxylic acids is 2. The fourth-order valence-corrected chi connectivity index (χ4v) is 1.42. The van der Waals surface area contributed by atoms with Gasteiger partial charge >= 0.3 is 11.9 Å². The summed E-state index contributed by atoms with van der Waals surface area (Å²) in [6, 6.07) is 1.57. The summed E-state index contributed by atoms with van der Waals surface area (Å²) in [6.45, 7) is 5.48. The van der Waals surface area contributed by atoms with Crippen LogP contribution in [0, 0.1) is 6.92 Å². The Labute approximate surface area is 105 Å². The summed E-state index contributed by atoms with van der Waals surface area (Å²) in [5.74, 6) is -2.46. The lowest BCUT2D eigenvalue weighted by Crippen LogP contribution is -2.27. The second-order valence-electron chi connectivity index (χ2n) is 3.52. The van der Waals surface area contributed by atoms with Crippen LogP contribution >= 0.6 is 0 Å². The first-order valence-corrected chi connectivity index (χ1v) is 5.72. The molecule has 0 amide bonds. The lowest BCUT2D eigenvalue weighted by atomic mass is 10.1. The number of hydrogen-bond acceptors (Lipinski definition) is 6. The third-order valence-corrected chi connectivity index (χ3v) is 2.17. The number of rotatable bonds is 5. The minimum Gasteiger partial charge on any atom is -0.465 e. The van der Waals surface area contributed by atoms with Gasteiger partial charge in [0.1, 0.15) is 6.33 Å². The van der Waals surface area contributed by atoms with Crippen LogP contribution in [-0.4, -0.2) is 35.1 Å². The van der Waals surface area contributed by atoms with E-state index < -0.39 is 17.9 Å². The molecule has 0 atom stereocenters. The smallest absolute Gasteiger partial charge is 0.326 e. The minimum absolute atomic E-state index is 0.193. The summed E-state index contributed by atoms with van der Waals surface area (Å²) in [7, 11) is 0. The Morgan fingerprint density at radius 2 is 1.72 bits per heavy atom. The van der Waals surface area contributed by atoms with Crippen LogP contribution < -0.4 is 0 Å². The first-order valence-electron chi connectivity index (χ1n) is 5.72. The molecular formula is C12H16N2O4. The Morgan fingerprint density at radius 1 is 1.17 bits per heavy atom. The van der Waals surface area contributed by atoms with E-state index in [1.54, 1.807) is 26.8 Å². The number of aryl methyl sites for hydroxylation is 1. The highest BCUT2D eigenvalue weighted by Gasteiger charge is 2.32. The van der Waals surface area contributed by atoms with E-state index >= 15 is 0 Å². The fraction of sp³-hybridized carbons (Fsp3) is 0.500. The first kappa shape index (κ1) is 14.1. The normalized spacial score (nSPS) is 10.2. The topological polar surface area (TPSA) is 78.4 Å². The van der Waals surface area contributed by atoms with Crippen molar-refractivity contribution in [3.63, 3.8) is 0 Å². The molecule has 0 aromatic carbocycles. The average molecular weight is 252 g/mol. The molecule has 6 nitrogen and oxygen atoms in total. The van der Waals surface area contributed by atoms with Gasteiger partial charge in [0, 0.05) is 5.69 Å². The largest absolute Gasteiger partial charge is 0.465 e. The van der Waals surface area contributed by atoms with Gasteiger partial charge in [-0.3, -0.25) is 9.59 Å². The van der Waals surface area contributed by atoms with E-state index in [0.29, 0.717) is 11.4 Å². The Morgan fingerprint density at radius 3 is 2.17 bits per heavy atom. The number of hydrogen-bond donors (Lipinski definition) is 0. The van der Waals surface area contributed by atoms with Crippen LogP contribution in [-0.2, 0) is 19.1 Å². The van der Waals surface area contributed by atoms with Gasteiger partial charge in [0.2, 0.25) is 0 Å². The van der Waals surface area contributed by atoms with Crippen molar-refractivity contribution in [2.75, 3.05) is 13.2 Å². The van der Waals surface area contributed by atoms with Crippen molar-refractivity contribution in [1.82, 2.24) is 9.97 Å². The molecule has 98 valence electrons. The van der Waals surface area contributed by atoms with Crippen molar-refractivity contribution in [2.24, 2.45) is 0 Å². The first-order chi connectivity index (χ1) is 8.60. The molecule has 0 aliphatic heterocycles. The summed E-state index contributed by atoms with van der Waals surface area (Å²) in [4.78, 5) is 31.4. The Kier molecular flexibility index (Phi) is 5.23. The van der Waals surface area contributed by atoms with Gasteiger partial charge in [0.25, 0.3) is 0 Å². The zero-order chi connectivity index (χ0) is 13.5. The van der Waals surface area contributed by atoms with Crippen molar-refractivity contribution in [3.05, 3.63) is 23.8 Å². The molecule has 0 N–H and O–H groups in total. The van der Waals surface area contributed by atoms with E-state index in [9.17, 15) is 9.59 Å². The highest BCUT2D eigenvalue weighted by Crippen LogP contribution is 2.17. The molecule has 0 saturated carbocycles. The van der Waals surface area contributed by atoms with E-state index in [4.69, 9.17) is 9.47 Å². The van der Waals surface area contributed by atoms with Gasteiger partial charge in [-0.05, 0) is 26.8 Å². The molecule has 1 rings (SSSR count). The van der Waals surface area contributed by atoms with Crippen LogP contribution in [0.3, 0.4) is 0 Å². The zero-order valence-electron chi connectivity index (χ0n) is 10.7. The molecule has 18 heavy (non-hydrogen) atoms. The van der Waals surface area contributed by atoms with Gasteiger partial charge in [-0.15, -0.1) is 0 Å². The SMILES string of the molecule is CCOC(=O)C(C(=O)OCC)c1cc(C)ncn1. The van der Waals surface area contributed by atoms with Gasteiger partial charge in [-0.2, -0.15) is 0 Å². The van der Waals surface area contributed by atoms with Crippen molar-refractivity contribution in [2.45, 2.75) is 26.7 Å². The van der Waals surface area contributed by atoms with Gasteiger partial charge in [0.05, 0.1) is 18.9 Å². The third-order valence-electron chi connectivity index (χ3n) is 2.17. The summed E-state index contributed by atoms with van der Waals surface area (Å²) in [5, 5.41) is 0. The van der Waals surface area contributed by atoms with E-state index in [1.165, 1.54) is 6.33 Å². The lowest BCUT2D eigenvalue weighted by molar-refractivity contribution is -0.157. The monoisotopic (exact) mass is 252 g/mol. The highest BCUT2D eigenvalue weighted by atomic mass is 16.6. The molecule has 0 bridgehead atoms. The van der Waals surface area contributed by atoms with Crippen molar-refractivity contribution in [3.8, 4) is 0 Å². The Balaban J connectivity index is 3.03. The molecule has 1 heterocycles. The van der Waals surface area contributed by atoms with Crippen molar-refractivity contribution >= 4 is 11.9 Å². The van der Waals surface area contributed by atoms with Crippen LogP contribution in [0.25, 0.3) is 0 Å². The number of carbonyl (C=O) groups is 2. The van der Waals surface area contributed by atoms with Gasteiger partial charge in [-0.25, -0.2) is 9.97 Å². The molecule has 1 aromatic rings. The second kappa shape index (κ2) is 6.68. The van der Waals surface area contributed by atoms with E-state index in [-0.39, 0.29) is 13.2 Å². The number of aromatic nitrogens is 2. The number of nitrogens with zero attached hydrogens (tertiary/aromatic N) is 2. The van der Waals surface area contributed by atoms with Crippen molar-refractivity contribution in [1.29, 1.82) is 0 Å². The standard InChI is InChI=1S/C12H16N2O4/c1-4-17-11(15)10(12(16)18-5-2)9-6-8(3)13-7-14-9/h6-7,10H,4-5H2,1-3H3. The maximum atomic E-state index is 11.8. The summed E-state index contributed by atoms with van der Waals surface area (Å²) < 4.78 is 9.73. The summed E-state index contributed by atoms with van der Waals surface area (Å²) >= 11 is 0. The van der Waals surface area contributed by atoms with Crippen LogP contribution in [0.1, 0.15) is 31.2 Å². The second-order valence-corrected chi connectivity index (χ2v) is 3.52. The third kappa shape index (κ3) is 3.51. The molecule has 0 aliphatic carbocycles. The van der Waals surface area contributed by atoms with Crippen LogP contribution in [0.4, 0.5) is 0 Å². The van der Waals surface area contributed by atoms with Crippen LogP contribution in [0.2, 0.25) is 0 Å². The Hall–Kier alpha value is -1.98. The molecule has 0 fully saturated rings. The average Bonchev–Trinajstić information content (AvgIpc) is 2.30. The fourth-order valence-electron chi connectivity index (χ4n) is 1.42. The molecule has 0 radical (unpaired) electrons. The molecule has 0 saturated heterocycles. The molecule has 0 aliphatic rings. The predicted octanol–water partition coefficient (Wildman–Crippen LogP) is 0.995. The van der Waals surface area contributed by atoms with E-state index in [2.05, 4.69) is 9.97 Å². The van der Waals surface area contributed by atoms with E-state index in [0.717, 1.165) is 0 Å². The summed E-state index contributed by atoms with van der Waals surface area (Å²) in [6.07, 6.45) is 1.30. The van der Waals surface area contributed by atoms with Crippen molar-refractivity contribution < 1.29 is 19.1 Å². The van der Waals surface area contributed by atoms with Gasteiger partial charge < -0.3 is 9.47 Å². The maximum Gasteiger partial charge on any atom is 0.326 e. The Bertz CT molecular complexity index is 416. The molecule has 0 spiro atoms. The molecule has 0 unspecified atom stereocenters. The predicted molar refractivity (Wildman–Crippen MR) is 62.8 cm³/mol. The molecule has 6 heteroatoms. The van der Waals surface area contributed by atoms with Crippen LogP contribution in [0.15, 0.2) is 12.4 Å². The highest BCUT2D eigenvalue weighted by molar-refractivity contribution is 6.00. The lowest BCUT2D eigenvalue weighted by Gasteiger charge is -2.13. The van der Waals surface area contributed by atoms with E-state index in [1.807, 2.05) is 0 Å². The van der Waals surface area contributed by atoms with Crippen LogP contribution in [0.5, 0.6) is 0 Å². The quantitative estimate of drug-likeness (QED) is 0.574. The number of ether oxygens (including phenoxy) is 2. The molecule has 1 aromatic heterocycles.